The molecule has 94 valence electrons. The van der Waals surface area contributed by atoms with Crippen molar-refractivity contribution in [2.24, 2.45) is 5.92 Å². The van der Waals surface area contributed by atoms with E-state index in [4.69, 9.17) is 0 Å². The average Bonchev–Trinajstić information content (AvgIpc) is 2.82. The van der Waals surface area contributed by atoms with E-state index in [0.29, 0.717) is 12.6 Å². The van der Waals surface area contributed by atoms with Gasteiger partial charge in [-0.25, -0.2) is 0 Å². The van der Waals surface area contributed by atoms with Crippen molar-refractivity contribution in [3.8, 4) is 0 Å². The van der Waals surface area contributed by atoms with Gasteiger partial charge in [-0.05, 0) is 31.6 Å². The van der Waals surface area contributed by atoms with E-state index in [1.54, 1.807) is 0 Å². The molecule has 0 aromatic rings. The number of hydrogen-bond acceptors (Lipinski definition) is 2. The van der Waals surface area contributed by atoms with Crippen molar-refractivity contribution in [1.29, 1.82) is 0 Å². The minimum Gasteiger partial charge on any atom is -0.394 e. The van der Waals surface area contributed by atoms with Gasteiger partial charge < -0.3 is 10.4 Å². The third kappa shape index (κ3) is 2.78. The molecule has 2 fully saturated rings. The van der Waals surface area contributed by atoms with Crippen LogP contribution in [0.2, 0.25) is 0 Å². The highest BCUT2D eigenvalue weighted by Crippen LogP contribution is 2.35. The molecule has 0 amide bonds. The second-order valence-electron chi connectivity index (χ2n) is 5.93. The molecule has 0 aliphatic heterocycles. The summed E-state index contributed by atoms with van der Waals surface area (Å²) in [5, 5.41) is 13.5. The van der Waals surface area contributed by atoms with E-state index in [-0.39, 0.29) is 5.54 Å². The predicted octanol–water partition coefficient (Wildman–Crippen LogP) is 2.85. The van der Waals surface area contributed by atoms with Gasteiger partial charge in [-0.3, -0.25) is 0 Å². The van der Waals surface area contributed by atoms with Gasteiger partial charge in [0, 0.05) is 11.6 Å². The van der Waals surface area contributed by atoms with E-state index in [1.165, 1.54) is 57.8 Å². The molecule has 0 saturated heterocycles. The Bertz CT molecular complexity index is 213. The molecule has 2 aliphatic carbocycles. The molecule has 0 heterocycles. The Hall–Kier alpha value is -0.0800. The van der Waals surface area contributed by atoms with Gasteiger partial charge in [0.25, 0.3) is 0 Å². The summed E-state index contributed by atoms with van der Waals surface area (Å²) < 4.78 is 0. The number of hydrogen-bond donors (Lipinski definition) is 2. The first kappa shape index (κ1) is 12.4. The van der Waals surface area contributed by atoms with Crippen LogP contribution in [0.15, 0.2) is 0 Å². The standard InChI is InChI=1S/C14H27NO/c1-2-12-6-5-9-14(10-12,11-16)15-13-7-3-4-8-13/h12-13,15-16H,2-11H2,1H3. The lowest BCUT2D eigenvalue weighted by molar-refractivity contribution is 0.0835. The summed E-state index contributed by atoms with van der Waals surface area (Å²) in [5.74, 6) is 0.829. The fourth-order valence-electron chi connectivity index (χ4n) is 3.66. The maximum absolute atomic E-state index is 9.75. The molecule has 2 atom stereocenters. The topological polar surface area (TPSA) is 32.3 Å². The molecule has 2 saturated carbocycles. The first-order chi connectivity index (χ1) is 7.78. The first-order valence-corrected chi connectivity index (χ1v) is 7.16. The third-order valence-electron chi connectivity index (χ3n) is 4.69. The fraction of sp³-hybridized carbons (Fsp3) is 1.00. The van der Waals surface area contributed by atoms with Crippen LogP contribution in [0, 0.1) is 5.92 Å². The molecule has 16 heavy (non-hydrogen) atoms. The first-order valence-electron chi connectivity index (χ1n) is 7.16. The van der Waals surface area contributed by atoms with E-state index in [0.717, 1.165) is 5.92 Å². The molecule has 0 spiro atoms. The molecule has 2 N–H and O–H groups in total. The zero-order valence-electron chi connectivity index (χ0n) is 10.7. The van der Waals surface area contributed by atoms with Crippen LogP contribution in [-0.2, 0) is 0 Å². The smallest absolute Gasteiger partial charge is 0.0613 e. The summed E-state index contributed by atoms with van der Waals surface area (Å²) in [4.78, 5) is 0. The van der Waals surface area contributed by atoms with Crippen LogP contribution in [-0.4, -0.2) is 23.3 Å². The van der Waals surface area contributed by atoms with E-state index in [2.05, 4.69) is 12.2 Å². The highest BCUT2D eigenvalue weighted by Gasteiger charge is 2.37. The summed E-state index contributed by atoms with van der Waals surface area (Å²) in [6, 6.07) is 0.683. The van der Waals surface area contributed by atoms with Gasteiger partial charge in [0.05, 0.1) is 6.61 Å². The SMILES string of the molecule is CCC1CCCC(CO)(NC2CCCC2)C1. The number of rotatable bonds is 4. The number of nitrogens with one attached hydrogen (secondary N) is 1. The van der Waals surface area contributed by atoms with Crippen LogP contribution in [0.1, 0.15) is 64.7 Å². The van der Waals surface area contributed by atoms with Gasteiger partial charge in [0.2, 0.25) is 0 Å². The van der Waals surface area contributed by atoms with Gasteiger partial charge in [-0.2, -0.15) is 0 Å². The van der Waals surface area contributed by atoms with Crippen LogP contribution in [0.4, 0.5) is 0 Å². The van der Waals surface area contributed by atoms with Crippen LogP contribution in [0.5, 0.6) is 0 Å². The second-order valence-corrected chi connectivity index (χ2v) is 5.93. The van der Waals surface area contributed by atoms with Gasteiger partial charge in [0.15, 0.2) is 0 Å². The van der Waals surface area contributed by atoms with Crippen molar-refractivity contribution >= 4 is 0 Å². The lowest BCUT2D eigenvalue weighted by atomic mass is 9.74. The fourth-order valence-corrected chi connectivity index (χ4v) is 3.66. The Kier molecular flexibility index (Phi) is 4.26. The van der Waals surface area contributed by atoms with Crippen molar-refractivity contribution in [2.75, 3.05) is 6.61 Å². The molecule has 0 radical (unpaired) electrons. The molecule has 2 rings (SSSR count). The zero-order chi connectivity index (χ0) is 11.4. The highest BCUT2D eigenvalue weighted by atomic mass is 16.3. The Balaban J connectivity index is 1.94. The lowest BCUT2D eigenvalue weighted by Gasteiger charge is -2.42. The summed E-state index contributed by atoms with van der Waals surface area (Å²) >= 11 is 0. The highest BCUT2D eigenvalue weighted by molar-refractivity contribution is 4.96. The minimum absolute atomic E-state index is 0.0634. The largest absolute Gasteiger partial charge is 0.394 e. The molecular formula is C14H27NO. The molecule has 0 aromatic carbocycles. The molecule has 0 aromatic heterocycles. The maximum atomic E-state index is 9.75. The summed E-state index contributed by atoms with van der Waals surface area (Å²) in [6.07, 6.45) is 11.7. The molecule has 2 unspecified atom stereocenters. The molecule has 2 nitrogen and oxygen atoms in total. The van der Waals surface area contributed by atoms with E-state index < -0.39 is 0 Å². The van der Waals surface area contributed by atoms with Crippen LogP contribution in [0.3, 0.4) is 0 Å². The minimum atomic E-state index is 0.0634. The lowest BCUT2D eigenvalue weighted by Crippen LogP contribution is -2.54. The monoisotopic (exact) mass is 225 g/mol. The normalized spacial score (nSPS) is 36.8. The van der Waals surface area contributed by atoms with Crippen molar-refractivity contribution in [2.45, 2.75) is 76.3 Å². The Morgan fingerprint density at radius 3 is 2.56 bits per heavy atom. The van der Waals surface area contributed by atoms with Crippen LogP contribution >= 0.6 is 0 Å². The molecule has 2 heteroatoms. The van der Waals surface area contributed by atoms with Gasteiger partial charge in [0.1, 0.15) is 0 Å². The Morgan fingerprint density at radius 1 is 1.19 bits per heavy atom. The predicted molar refractivity (Wildman–Crippen MR) is 67.5 cm³/mol. The molecule has 0 bridgehead atoms. The van der Waals surface area contributed by atoms with Gasteiger partial charge in [-0.15, -0.1) is 0 Å². The van der Waals surface area contributed by atoms with Crippen molar-refractivity contribution in [3.63, 3.8) is 0 Å². The van der Waals surface area contributed by atoms with Crippen LogP contribution in [0.25, 0.3) is 0 Å². The van der Waals surface area contributed by atoms with Gasteiger partial charge >= 0.3 is 0 Å². The van der Waals surface area contributed by atoms with Crippen molar-refractivity contribution in [3.05, 3.63) is 0 Å². The summed E-state index contributed by atoms with van der Waals surface area (Å²) in [7, 11) is 0. The zero-order valence-corrected chi connectivity index (χ0v) is 10.7. The van der Waals surface area contributed by atoms with Crippen molar-refractivity contribution < 1.29 is 5.11 Å². The van der Waals surface area contributed by atoms with E-state index in [9.17, 15) is 5.11 Å². The number of aliphatic hydroxyl groups is 1. The van der Waals surface area contributed by atoms with Crippen molar-refractivity contribution in [1.82, 2.24) is 5.32 Å². The molecule has 2 aliphatic rings. The molecular weight excluding hydrogens is 198 g/mol. The quantitative estimate of drug-likeness (QED) is 0.771. The number of aliphatic hydroxyl groups excluding tert-OH is 1. The average molecular weight is 225 g/mol. The summed E-state index contributed by atoms with van der Waals surface area (Å²) in [5.41, 5.74) is 0.0634. The van der Waals surface area contributed by atoms with Gasteiger partial charge in [-0.1, -0.05) is 39.0 Å². The van der Waals surface area contributed by atoms with E-state index >= 15 is 0 Å². The third-order valence-corrected chi connectivity index (χ3v) is 4.69. The van der Waals surface area contributed by atoms with E-state index in [1.807, 2.05) is 0 Å². The summed E-state index contributed by atoms with van der Waals surface area (Å²) in [6.45, 7) is 2.62. The Morgan fingerprint density at radius 2 is 1.94 bits per heavy atom. The second kappa shape index (κ2) is 5.50. The maximum Gasteiger partial charge on any atom is 0.0613 e. The van der Waals surface area contributed by atoms with Crippen LogP contribution < -0.4 is 5.32 Å². The Labute approximate surface area is 99.8 Å².